The lowest BCUT2D eigenvalue weighted by molar-refractivity contribution is -0.144. The van der Waals surface area contributed by atoms with Crippen molar-refractivity contribution in [1.29, 1.82) is 0 Å². The van der Waals surface area contributed by atoms with E-state index in [1.165, 1.54) is 24.3 Å². The van der Waals surface area contributed by atoms with Crippen molar-refractivity contribution >= 4 is 28.4 Å². The van der Waals surface area contributed by atoms with Crippen molar-refractivity contribution in [3.63, 3.8) is 0 Å². The van der Waals surface area contributed by atoms with Gasteiger partial charge in [-0.1, -0.05) is 17.7 Å². The van der Waals surface area contributed by atoms with E-state index in [0.29, 0.717) is 11.1 Å². The largest absolute Gasteiger partial charge is 0.478 e. The molecule has 128 valence electrons. The van der Waals surface area contributed by atoms with Gasteiger partial charge < -0.3 is 10.4 Å². The monoisotopic (exact) mass is 347 g/mol. The zero-order valence-corrected chi connectivity index (χ0v) is 12.9. The number of fused-ring (bicyclic) bond motifs is 1. The first kappa shape index (κ1) is 16.7. The van der Waals surface area contributed by atoms with Gasteiger partial charge in [0.15, 0.2) is 0 Å². The van der Waals surface area contributed by atoms with Crippen molar-refractivity contribution in [3.05, 3.63) is 59.4 Å². The van der Waals surface area contributed by atoms with Crippen LogP contribution in [0.15, 0.2) is 42.5 Å². The quantitative estimate of drug-likeness (QED) is 0.734. The Labute approximate surface area is 140 Å². The maximum Gasteiger partial charge on any atom is 0.451 e. The summed E-state index contributed by atoms with van der Waals surface area (Å²) < 4.78 is 39.2. The van der Waals surface area contributed by atoms with Crippen molar-refractivity contribution in [3.8, 4) is 0 Å². The lowest BCUT2D eigenvalue weighted by atomic mass is 10.1. The number of carboxylic acids is 1. The molecular formula is C17H12F3N3O2. The fraction of sp³-hybridized carbons (Fsp3) is 0.118. The SMILES string of the molecule is Cc1ccc2nc(C(F)(F)F)nc(Nc3cccc(C(=O)O)c3)c2c1. The average Bonchev–Trinajstić information content (AvgIpc) is 2.54. The topological polar surface area (TPSA) is 75.1 Å². The lowest BCUT2D eigenvalue weighted by Crippen LogP contribution is -2.13. The molecule has 0 aliphatic heterocycles. The third-order valence-corrected chi connectivity index (χ3v) is 3.48. The van der Waals surface area contributed by atoms with Crippen molar-refractivity contribution in [2.45, 2.75) is 13.1 Å². The van der Waals surface area contributed by atoms with Crippen LogP contribution >= 0.6 is 0 Å². The zero-order chi connectivity index (χ0) is 18.2. The van der Waals surface area contributed by atoms with Gasteiger partial charge in [0.1, 0.15) is 5.82 Å². The normalized spacial score (nSPS) is 11.5. The number of rotatable bonds is 3. The molecule has 2 aromatic carbocycles. The van der Waals surface area contributed by atoms with Crippen LogP contribution < -0.4 is 5.32 Å². The number of alkyl halides is 3. The van der Waals surface area contributed by atoms with E-state index >= 15 is 0 Å². The van der Waals surface area contributed by atoms with Gasteiger partial charge in [-0.2, -0.15) is 13.2 Å². The summed E-state index contributed by atoms with van der Waals surface area (Å²) >= 11 is 0. The predicted molar refractivity (Wildman–Crippen MR) is 86.0 cm³/mol. The fourth-order valence-corrected chi connectivity index (χ4v) is 2.33. The molecule has 0 unspecified atom stereocenters. The number of hydrogen-bond donors (Lipinski definition) is 2. The molecule has 5 nitrogen and oxygen atoms in total. The van der Waals surface area contributed by atoms with E-state index in [-0.39, 0.29) is 16.9 Å². The minimum atomic E-state index is -4.70. The van der Waals surface area contributed by atoms with Gasteiger partial charge in [-0.05, 0) is 37.3 Å². The van der Waals surface area contributed by atoms with E-state index in [9.17, 15) is 18.0 Å². The van der Waals surface area contributed by atoms with Gasteiger partial charge in [0.25, 0.3) is 0 Å². The van der Waals surface area contributed by atoms with E-state index in [1.54, 1.807) is 25.1 Å². The summed E-state index contributed by atoms with van der Waals surface area (Å²) in [4.78, 5) is 18.2. The van der Waals surface area contributed by atoms with Crippen LogP contribution in [-0.2, 0) is 6.18 Å². The summed E-state index contributed by atoms with van der Waals surface area (Å²) in [7, 11) is 0. The van der Waals surface area contributed by atoms with E-state index in [4.69, 9.17) is 5.11 Å². The van der Waals surface area contributed by atoms with Crippen molar-refractivity contribution < 1.29 is 23.1 Å². The van der Waals surface area contributed by atoms with Gasteiger partial charge in [0.2, 0.25) is 5.82 Å². The Kier molecular flexibility index (Phi) is 4.03. The van der Waals surface area contributed by atoms with Crippen LogP contribution in [0.2, 0.25) is 0 Å². The molecule has 0 saturated heterocycles. The molecule has 0 bridgehead atoms. The van der Waals surface area contributed by atoms with E-state index < -0.39 is 18.0 Å². The van der Waals surface area contributed by atoms with Crippen LogP contribution in [0.4, 0.5) is 24.7 Å². The maximum atomic E-state index is 13.1. The molecule has 0 amide bonds. The van der Waals surface area contributed by atoms with E-state index in [0.717, 1.165) is 5.56 Å². The molecule has 0 radical (unpaired) electrons. The van der Waals surface area contributed by atoms with Crippen LogP contribution in [0.5, 0.6) is 0 Å². The number of nitrogens with zero attached hydrogens (tertiary/aromatic N) is 2. The molecular weight excluding hydrogens is 335 g/mol. The van der Waals surface area contributed by atoms with E-state index in [1.807, 2.05) is 0 Å². The number of hydrogen-bond acceptors (Lipinski definition) is 4. The average molecular weight is 347 g/mol. The summed E-state index contributed by atoms with van der Waals surface area (Å²) in [5, 5.41) is 12.2. The molecule has 0 atom stereocenters. The summed E-state index contributed by atoms with van der Waals surface area (Å²) in [6.45, 7) is 1.80. The molecule has 0 saturated carbocycles. The molecule has 8 heteroatoms. The summed E-state index contributed by atoms with van der Waals surface area (Å²) in [6, 6.07) is 10.5. The zero-order valence-electron chi connectivity index (χ0n) is 12.9. The van der Waals surface area contributed by atoms with Gasteiger partial charge in [-0.15, -0.1) is 0 Å². The number of aromatic carboxylic acids is 1. The van der Waals surface area contributed by atoms with E-state index in [2.05, 4.69) is 15.3 Å². The molecule has 0 spiro atoms. The highest BCUT2D eigenvalue weighted by molar-refractivity contribution is 5.93. The Balaban J connectivity index is 2.15. The first-order valence-electron chi connectivity index (χ1n) is 7.20. The van der Waals surface area contributed by atoms with Gasteiger partial charge in [-0.25, -0.2) is 14.8 Å². The maximum absolute atomic E-state index is 13.1. The molecule has 0 aliphatic carbocycles. The first-order chi connectivity index (χ1) is 11.7. The van der Waals surface area contributed by atoms with Crippen LogP contribution in [0.3, 0.4) is 0 Å². The van der Waals surface area contributed by atoms with Gasteiger partial charge in [-0.3, -0.25) is 0 Å². The standard InChI is InChI=1S/C17H12F3N3O2/c1-9-5-6-13-12(7-9)14(23-16(22-13)17(18,19)20)21-11-4-2-3-10(8-11)15(24)25/h2-8H,1H3,(H,24,25)(H,21,22,23). The number of halogens is 3. The summed E-state index contributed by atoms with van der Waals surface area (Å²) in [5.41, 5.74) is 1.30. The number of benzene rings is 2. The molecule has 2 N–H and O–H groups in total. The number of aryl methyl sites for hydroxylation is 1. The molecule has 1 heterocycles. The molecule has 25 heavy (non-hydrogen) atoms. The highest BCUT2D eigenvalue weighted by atomic mass is 19.4. The second-order valence-corrected chi connectivity index (χ2v) is 5.43. The Morgan fingerprint density at radius 3 is 2.56 bits per heavy atom. The van der Waals surface area contributed by atoms with Gasteiger partial charge in [0.05, 0.1) is 11.1 Å². The molecule has 0 aliphatic rings. The second-order valence-electron chi connectivity index (χ2n) is 5.43. The van der Waals surface area contributed by atoms with Crippen molar-refractivity contribution in [1.82, 2.24) is 9.97 Å². The van der Waals surface area contributed by atoms with Crippen LogP contribution in [0, 0.1) is 6.92 Å². The molecule has 0 fully saturated rings. The minimum Gasteiger partial charge on any atom is -0.478 e. The number of aromatic nitrogens is 2. The minimum absolute atomic E-state index is 0.00980. The summed E-state index contributed by atoms with van der Waals surface area (Å²) in [5.74, 6) is -2.44. The smallest absolute Gasteiger partial charge is 0.451 e. The van der Waals surface area contributed by atoms with Gasteiger partial charge >= 0.3 is 12.1 Å². The fourth-order valence-electron chi connectivity index (χ4n) is 2.33. The summed E-state index contributed by atoms with van der Waals surface area (Å²) in [6.07, 6.45) is -4.70. The van der Waals surface area contributed by atoms with Crippen molar-refractivity contribution in [2.75, 3.05) is 5.32 Å². The Morgan fingerprint density at radius 2 is 1.88 bits per heavy atom. The Morgan fingerprint density at radius 1 is 1.12 bits per heavy atom. The second kappa shape index (κ2) is 6.04. The Hall–Kier alpha value is -3.16. The molecule has 1 aromatic heterocycles. The highest BCUT2D eigenvalue weighted by Crippen LogP contribution is 2.32. The number of nitrogens with one attached hydrogen (secondary N) is 1. The number of anilines is 2. The van der Waals surface area contributed by atoms with Gasteiger partial charge in [0, 0.05) is 11.1 Å². The predicted octanol–water partition coefficient (Wildman–Crippen LogP) is 4.40. The van der Waals surface area contributed by atoms with Crippen LogP contribution in [0.25, 0.3) is 10.9 Å². The number of carboxylic acid groups (broad SMARTS) is 1. The molecule has 3 aromatic rings. The van der Waals surface area contributed by atoms with Crippen molar-refractivity contribution in [2.24, 2.45) is 0 Å². The highest BCUT2D eigenvalue weighted by Gasteiger charge is 2.35. The third kappa shape index (κ3) is 3.52. The first-order valence-corrected chi connectivity index (χ1v) is 7.20. The third-order valence-electron chi connectivity index (χ3n) is 3.48. The lowest BCUT2D eigenvalue weighted by Gasteiger charge is -2.13. The number of carbonyl (C=O) groups is 1. The Bertz CT molecular complexity index is 971. The van der Waals surface area contributed by atoms with Crippen LogP contribution in [-0.4, -0.2) is 21.0 Å². The molecule has 3 rings (SSSR count). The van der Waals surface area contributed by atoms with Crippen LogP contribution in [0.1, 0.15) is 21.7 Å².